The highest BCUT2D eigenvalue weighted by Crippen LogP contribution is 2.18. The maximum atomic E-state index is 10.5. The van der Waals surface area contributed by atoms with Crippen LogP contribution in [0.5, 0.6) is 0 Å². The maximum absolute atomic E-state index is 10.5. The van der Waals surface area contributed by atoms with E-state index in [0.717, 1.165) is 5.56 Å². The number of pyridine rings is 1. The van der Waals surface area contributed by atoms with Crippen LogP contribution < -0.4 is 0 Å². The van der Waals surface area contributed by atoms with Crippen LogP contribution in [0.4, 0.5) is 0 Å². The van der Waals surface area contributed by atoms with Crippen LogP contribution in [0.25, 0.3) is 11.3 Å². The third-order valence-corrected chi connectivity index (χ3v) is 1.65. The average molecular weight is 190 g/mol. The van der Waals surface area contributed by atoms with Gasteiger partial charge in [-0.1, -0.05) is 0 Å². The van der Waals surface area contributed by atoms with Gasteiger partial charge in [-0.25, -0.2) is 9.78 Å². The average Bonchev–Trinajstić information content (AvgIpc) is 2.68. The first-order valence-electron chi connectivity index (χ1n) is 3.87. The first-order valence-corrected chi connectivity index (χ1v) is 3.87. The minimum atomic E-state index is -1.18. The number of carbonyl (C=O) groups is 1. The minimum absolute atomic E-state index is 0.309. The van der Waals surface area contributed by atoms with E-state index in [1.54, 1.807) is 24.5 Å². The van der Waals surface area contributed by atoms with Gasteiger partial charge in [-0.2, -0.15) is 0 Å². The third-order valence-electron chi connectivity index (χ3n) is 1.65. The highest BCUT2D eigenvalue weighted by Gasteiger charge is 2.11. The molecule has 0 saturated heterocycles. The van der Waals surface area contributed by atoms with Gasteiger partial charge in [0.2, 0.25) is 0 Å². The molecule has 0 aromatic carbocycles. The van der Waals surface area contributed by atoms with Crippen molar-refractivity contribution in [3.05, 3.63) is 36.6 Å². The molecule has 0 spiro atoms. The number of carboxylic acids is 1. The Morgan fingerprint density at radius 1 is 1.36 bits per heavy atom. The van der Waals surface area contributed by atoms with E-state index in [9.17, 15) is 4.79 Å². The number of aromatic carboxylic acids is 1. The van der Waals surface area contributed by atoms with Crippen LogP contribution in [0.1, 0.15) is 10.7 Å². The second-order valence-corrected chi connectivity index (χ2v) is 2.57. The molecule has 14 heavy (non-hydrogen) atoms. The molecule has 1 N–H and O–H groups in total. The van der Waals surface area contributed by atoms with Gasteiger partial charge in [0, 0.05) is 18.0 Å². The summed E-state index contributed by atoms with van der Waals surface area (Å²) in [6.07, 6.45) is 4.56. The third kappa shape index (κ3) is 1.47. The largest absolute Gasteiger partial charge is 0.474 e. The normalized spacial score (nSPS) is 10.0. The van der Waals surface area contributed by atoms with Crippen LogP contribution in [0, 0.1) is 0 Å². The Morgan fingerprint density at radius 2 is 2.07 bits per heavy atom. The summed E-state index contributed by atoms with van der Waals surface area (Å²) in [6.45, 7) is 0. The predicted octanol–water partition coefficient (Wildman–Crippen LogP) is 1.43. The van der Waals surface area contributed by atoms with Gasteiger partial charge in [0.15, 0.2) is 5.76 Å². The van der Waals surface area contributed by atoms with Crippen LogP contribution in [0.2, 0.25) is 0 Å². The molecule has 0 radical (unpaired) electrons. The molecule has 70 valence electrons. The summed E-state index contributed by atoms with van der Waals surface area (Å²) in [4.78, 5) is 17.9. The molecule has 0 amide bonds. The topological polar surface area (TPSA) is 76.2 Å². The summed E-state index contributed by atoms with van der Waals surface area (Å²) in [5.41, 5.74) is 0.750. The first-order chi connectivity index (χ1) is 6.77. The fourth-order valence-electron chi connectivity index (χ4n) is 1.02. The van der Waals surface area contributed by atoms with Crippen LogP contribution in [0.15, 0.2) is 35.1 Å². The number of hydrogen-bond acceptors (Lipinski definition) is 4. The lowest BCUT2D eigenvalue weighted by Gasteiger charge is -1.92. The van der Waals surface area contributed by atoms with Crippen molar-refractivity contribution in [2.75, 3.05) is 0 Å². The fourth-order valence-corrected chi connectivity index (χ4v) is 1.02. The van der Waals surface area contributed by atoms with Crippen LogP contribution in [-0.4, -0.2) is 21.0 Å². The quantitative estimate of drug-likeness (QED) is 0.775. The van der Waals surface area contributed by atoms with Crippen molar-refractivity contribution in [2.24, 2.45) is 0 Å². The zero-order valence-corrected chi connectivity index (χ0v) is 7.04. The zero-order chi connectivity index (χ0) is 9.97. The maximum Gasteiger partial charge on any atom is 0.392 e. The highest BCUT2D eigenvalue weighted by atomic mass is 16.4. The summed E-state index contributed by atoms with van der Waals surface area (Å²) in [5.74, 6) is -1.06. The summed E-state index contributed by atoms with van der Waals surface area (Å²) in [7, 11) is 0. The Balaban J connectivity index is 2.39. The van der Waals surface area contributed by atoms with Crippen LogP contribution in [-0.2, 0) is 0 Å². The molecule has 0 bridgehead atoms. The molecule has 0 fully saturated rings. The molecular weight excluding hydrogens is 184 g/mol. The number of oxazole rings is 1. The summed E-state index contributed by atoms with van der Waals surface area (Å²) >= 11 is 0. The summed E-state index contributed by atoms with van der Waals surface area (Å²) in [6, 6.07) is 3.43. The van der Waals surface area contributed by atoms with E-state index in [4.69, 9.17) is 9.52 Å². The lowest BCUT2D eigenvalue weighted by Crippen LogP contribution is -1.94. The Bertz CT molecular complexity index is 450. The van der Waals surface area contributed by atoms with Gasteiger partial charge in [-0.3, -0.25) is 4.98 Å². The Kier molecular flexibility index (Phi) is 1.98. The number of carboxylic acid groups (broad SMARTS) is 1. The predicted molar refractivity (Wildman–Crippen MR) is 46.7 cm³/mol. The van der Waals surface area contributed by atoms with E-state index in [1.807, 2.05) is 0 Å². The number of rotatable bonds is 2. The van der Waals surface area contributed by atoms with Crippen LogP contribution in [0.3, 0.4) is 0 Å². The fraction of sp³-hybridized carbons (Fsp3) is 0. The van der Waals surface area contributed by atoms with Gasteiger partial charge >= 0.3 is 11.9 Å². The highest BCUT2D eigenvalue weighted by molar-refractivity contribution is 5.82. The van der Waals surface area contributed by atoms with Crippen molar-refractivity contribution in [3.63, 3.8) is 0 Å². The van der Waals surface area contributed by atoms with Crippen molar-refractivity contribution in [1.82, 2.24) is 9.97 Å². The van der Waals surface area contributed by atoms with Crippen molar-refractivity contribution in [1.29, 1.82) is 0 Å². The molecule has 0 atom stereocenters. The van der Waals surface area contributed by atoms with Crippen molar-refractivity contribution >= 4 is 5.97 Å². The van der Waals surface area contributed by atoms with E-state index >= 15 is 0 Å². The molecule has 0 aliphatic heterocycles. The van der Waals surface area contributed by atoms with E-state index < -0.39 is 5.97 Å². The van der Waals surface area contributed by atoms with E-state index in [2.05, 4.69) is 9.97 Å². The lowest BCUT2D eigenvalue weighted by atomic mass is 10.2. The minimum Gasteiger partial charge on any atom is -0.474 e. The molecule has 0 aliphatic rings. The van der Waals surface area contributed by atoms with E-state index in [1.165, 1.54) is 6.20 Å². The molecule has 2 heterocycles. The number of hydrogen-bond donors (Lipinski definition) is 1. The molecule has 2 aromatic rings. The molecule has 0 unspecified atom stereocenters. The van der Waals surface area contributed by atoms with E-state index in [0.29, 0.717) is 5.76 Å². The molecule has 2 aromatic heterocycles. The smallest absolute Gasteiger partial charge is 0.392 e. The second kappa shape index (κ2) is 3.29. The molecule has 0 saturated carbocycles. The van der Waals surface area contributed by atoms with Gasteiger partial charge in [-0.05, 0) is 12.1 Å². The summed E-state index contributed by atoms with van der Waals surface area (Å²) < 4.78 is 4.99. The number of aromatic nitrogens is 2. The molecule has 2 rings (SSSR count). The van der Waals surface area contributed by atoms with Crippen molar-refractivity contribution < 1.29 is 14.3 Å². The molecule has 5 nitrogen and oxygen atoms in total. The standard InChI is InChI=1S/C9H6N2O3/c12-9(13)8-11-5-7(14-8)6-1-3-10-4-2-6/h1-5H,(H,12,13). The SMILES string of the molecule is O=C(O)c1ncc(-c2ccncc2)o1. The monoisotopic (exact) mass is 190 g/mol. The molecular formula is C9H6N2O3. The second-order valence-electron chi connectivity index (χ2n) is 2.57. The van der Waals surface area contributed by atoms with Crippen molar-refractivity contribution in [2.45, 2.75) is 0 Å². The number of nitrogens with zero attached hydrogens (tertiary/aromatic N) is 2. The van der Waals surface area contributed by atoms with Gasteiger partial charge in [0.05, 0.1) is 6.20 Å². The Hall–Kier alpha value is -2.17. The van der Waals surface area contributed by atoms with Gasteiger partial charge in [0.25, 0.3) is 0 Å². The Labute approximate surface area is 79.0 Å². The van der Waals surface area contributed by atoms with Crippen LogP contribution >= 0.6 is 0 Å². The first kappa shape index (κ1) is 8.43. The summed E-state index contributed by atoms with van der Waals surface area (Å²) in [5, 5.41) is 8.58. The lowest BCUT2D eigenvalue weighted by molar-refractivity contribution is 0.0654. The zero-order valence-electron chi connectivity index (χ0n) is 7.04. The van der Waals surface area contributed by atoms with Gasteiger partial charge in [-0.15, -0.1) is 0 Å². The van der Waals surface area contributed by atoms with Gasteiger partial charge in [0.1, 0.15) is 0 Å². The Morgan fingerprint density at radius 3 is 2.64 bits per heavy atom. The molecule has 0 aliphatic carbocycles. The van der Waals surface area contributed by atoms with Gasteiger partial charge < -0.3 is 9.52 Å². The van der Waals surface area contributed by atoms with E-state index in [-0.39, 0.29) is 5.89 Å². The molecule has 5 heteroatoms. The van der Waals surface area contributed by atoms with Crippen molar-refractivity contribution in [3.8, 4) is 11.3 Å².